The van der Waals surface area contributed by atoms with E-state index in [1.807, 2.05) is 56.3 Å². The van der Waals surface area contributed by atoms with Gasteiger partial charge in [-0.1, -0.05) is 0 Å². The van der Waals surface area contributed by atoms with Gasteiger partial charge in [0.2, 0.25) is 5.95 Å². The van der Waals surface area contributed by atoms with Crippen LogP contribution in [0.5, 0.6) is 0 Å². The van der Waals surface area contributed by atoms with E-state index in [1.165, 1.54) is 0 Å². The molecule has 2 aromatic heterocycles. The van der Waals surface area contributed by atoms with Crippen molar-refractivity contribution in [3.63, 3.8) is 0 Å². The van der Waals surface area contributed by atoms with Crippen LogP contribution >= 0.6 is 0 Å². The molecule has 0 bridgehead atoms. The molecule has 8 heteroatoms. The summed E-state index contributed by atoms with van der Waals surface area (Å²) in [5.74, 6) is 3.60. The van der Waals surface area contributed by atoms with Crippen molar-refractivity contribution < 1.29 is 0 Å². The normalized spacial score (nSPS) is 14.7. The van der Waals surface area contributed by atoms with E-state index in [4.69, 9.17) is 0 Å². The van der Waals surface area contributed by atoms with Crippen molar-refractivity contribution in [2.75, 3.05) is 74.0 Å². The smallest absolute Gasteiger partial charge is 0.227 e. The van der Waals surface area contributed by atoms with E-state index in [0.717, 1.165) is 49.6 Å². The Morgan fingerprint density at radius 3 is 2.17 bits per heavy atom. The minimum atomic E-state index is 0.789. The number of aromatic nitrogens is 4. The highest BCUT2D eigenvalue weighted by atomic mass is 15.3. The average molecular weight is 328 g/mol. The summed E-state index contributed by atoms with van der Waals surface area (Å²) in [5.41, 5.74) is 0. The van der Waals surface area contributed by atoms with Crippen molar-refractivity contribution in [2.45, 2.75) is 0 Å². The van der Waals surface area contributed by atoms with Gasteiger partial charge in [-0.25, -0.2) is 15.0 Å². The molecule has 3 rings (SSSR count). The second-order valence-corrected chi connectivity index (χ2v) is 6.21. The molecule has 128 valence electrons. The first-order valence-corrected chi connectivity index (χ1v) is 8.04. The summed E-state index contributed by atoms with van der Waals surface area (Å²) < 4.78 is 0. The van der Waals surface area contributed by atoms with Crippen molar-refractivity contribution in [2.24, 2.45) is 0 Å². The Morgan fingerprint density at radius 2 is 1.50 bits per heavy atom. The number of hydrogen-bond donors (Lipinski definition) is 0. The van der Waals surface area contributed by atoms with Gasteiger partial charge in [-0.2, -0.15) is 4.98 Å². The minimum absolute atomic E-state index is 0.789. The predicted molar refractivity (Wildman–Crippen MR) is 97.1 cm³/mol. The highest BCUT2D eigenvalue weighted by Gasteiger charge is 2.20. The third-order valence-corrected chi connectivity index (χ3v) is 4.07. The maximum absolute atomic E-state index is 4.62. The monoisotopic (exact) mass is 328 g/mol. The van der Waals surface area contributed by atoms with Crippen molar-refractivity contribution in [1.29, 1.82) is 0 Å². The van der Waals surface area contributed by atoms with Crippen LogP contribution in [0.25, 0.3) is 0 Å². The SMILES string of the molecule is CN(C)c1cc(N2CCN(c3nccc(N(C)C)n3)CC2)ncn1. The van der Waals surface area contributed by atoms with Gasteiger partial charge in [-0.15, -0.1) is 0 Å². The Balaban J connectivity index is 1.68. The lowest BCUT2D eigenvalue weighted by Crippen LogP contribution is -2.47. The Bertz CT molecular complexity index is 620. The van der Waals surface area contributed by atoms with E-state index < -0.39 is 0 Å². The Morgan fingerprint density at radius 1 is 0.833 bits per heavy atom. The fourth-order valence-electron chi connectivity index (χ4n) is 2.63. The molecule has 3 heterocycles. The molecule has 0 aromatic carbocycles. The van der Waals surface area contributed by atoms with Gasteiger partial charge in [0.1, 0.15) is 23.8 Å². The largest absolute Gasteiger partial charge is 0.363 e. The zero-order valence-electron chi connectivity index (χ0n) is 14.7. The van der Waals surface area contributed by atoms with Crippen molar-refractivity contribution in [3.8, 4) is 0 Å². The molecule has 1 saturated heterocycles. The lowest BCUT2D eigenvalue weighted by Gasteiger charge is -2.35. The molecule has 0 aliphatic carbocycles. The number of hydrogen-bond acceptors (Lipinski definition) is 8. The lowest BCUT2D eigenvalue weighted by atomic mass is 10.3. The second-order valence-electron chi connectivity index (χ2n) is 6.21. The van der Waals surface area contributed by atoms with Crippen LogP contribution in [0, 0.1) is 0 Å². The third-order valence-electron chi connectivity index (χ3n) is 4.07. The van der Waals surface area contributed by atoms with Gasteiger partial charge in [0.15, 0.2) is 0 Å². The predicted octanol–water partition coefficient (Wildman–Crippen LogP) is 0.725. The van der Waals surface area contributed by atoms with Crippen LogP contribution < -0.4 is 19.6 Å². The number of rotatable bonds is 4. The Labute approximate surface area is 142 Å². The van der Waals surface area contributed by atoms with Gasteiger partial charge in [-0.05, 0) is 6.07 Å². The van der Waals surface area contributed by atoms with Crippen LogP contribution in [0.1, 0.15) is 0 Å². The van der Waals surface area contributed by atoms with Gasteiger partial charge in [0, 0.05) is 66.6 Å². The van der Waals surface area contributed by atoms with Gasteiger partial charge >= 0.3 is 0 Å². The standard InChI is InChI=1S/C16H24N8/c1-21(2)13-5-6-17-16(20-13)24-9-7-23(8-10-24)15-11-14(22(3)4)18-12-19-15/h5-6,11-12H,7-10H2,1-4H3. The topological polar surface area (TPSA) is 64.5 Å². The quantitative estimate of drug-likeness (QED) is 0.814. The molecule has 1 fully saturated rings. The van der Waals surface area contributed by atoms with Crippen LogP contribution in [0.4, 0.5) is 23.4 Å². The summed E-state index contributed by atoms with van der Waals surface area (Å²) in [7, 11) is 7.95. The molecule has 0 saturated carbocycles. The minimum Gasteiger partial charge on any atom is -0.363 e. The third kappa shape index (κ3) is 3.47. The van der Waals surface area contributed by atoms with Crippen LogP contribution in [-0.2, 0) is 0 Å². The zero-order chi connectivity index (χ0) is 17.1. The second kappa shape index (κ2) is 6.86. The van der Waals surface area contributed by atoms with Gasteiger partial charge in [-0.3, -0.25) is 0 Å². The molecular formula is C16H24N8. The van der Waals surface area contributed by atoms with Crippen LogP contribution in [-0.4, -0.2) is 74.3 Å². The van der Waals surface area contributed by atoms with Crippen LogP contribution in [0.3, 0.4) is 0 Å². The summed E-state index contributed by atoms with van der Waals surface area (Å²) >= 11 is 0. The molecule has 0 radical (unpaired) electrons. The summed E-state index contributed by atoms with van der Waals surface area (Å²) in [6.07, 6.45) is 3.44. The van der Waals surface area contributed by atoms with Crippen LogP contribution in [0.15, 0.2) is 24.7 Å². The average Bonchev–Trinajstić information content (AvgIpc) is 2.62. The lowest BCUT2D eigenvalue weighted by molar-refractivity contribution is 0.633. The molecule has 0 unspecified atom stereocenters. The van der Waals surface area contributed by atoms with Gasteiger partial charge in [0.05, 0.1) is 0 Å². The first kappa shape index (κ1) is 16.2. The fraction of sp³-hybridized carbons (Fsp3) is 0.500. The van der Waals surface area contributed by atoms with Crippen LogP contribution in [0.2, 0.25) is 0 Å². The number of anilines is 4. The molecule has 0 N–H and O–H groups in total. The summed E-state index contributed by atoms with van der Waals surface area (Å²) in [6.45, 7) is 3.52. The molecular weight excluding hydrogens is 304 g/mol. The first-order chi connectivity index (χ1) is 11.5. The highest BCUT2D eigenvalue weighted by Crippen LogP contribution is 2.20. The van der Waals surface area contributed by atoms with Crippen molar-refractivity contribution >= 4 is 23.4 Å². The Hall–Kier alpha value is -2.64. The summed E-state index contributed by atoms with van der Waals surface area (Å²) in [5, 5.41) is 0. The van der Waals surface area contributed by atoms with Gasteiger partial charge in [0.25, 0.3) is 0 Å². The molecule has 2 aromatic rings. The molecule has 24 heavy (non-hydrogen) atoms. The Kier molecular flexibility index (Phi) is 4.64. The highest BCUT2D eigenvalue weighted by molar-refractivity contribution is 5.51. The van der Waals surface area contributed by atoms with Gasteiger partial charge < -0.3 is 19.6 Å². The van der Waals surface area contributed by atoms with E-state index >= 15 is 0 Å². The zero-order valence-corrected chi connectivity index (χ0v) is 14.7. The molecule has 0 spiro atoms. The fourth-order valence-corrected chi connectivity index (χ4v) is 2.63. The van der Waals surface area contributed by atoms with Crippen molar-refractivity contribution in [3.05, 3.63) is 24.7 Å². The van der Waals surface area contributed by atoms with E-state index in [-0.39, 0.29) is 0 Å². The first-order valence-electron chi connectivity index (χ1n) is 8.04. The molecule has 8 nitrogen and oxygen atoms in total. The molecule has 0 atom stereocenters. The molecule has 1 aliphatic rings. The molecule has 0 amide bonds. The van der Waals surface area contributed by atoms with Crippen molar-refractivity contribution in [1.82, 2.24) is 19.9 Å². The van der Waals surface area contributed by atoms with E-state index in [2.05, 4.69) is 29.7 Å². The molecule has 1 aliphatic heterocycles. The summed E-state index contributed by atoms with van der Waals surface area (Å²) in [6, 6.07) is 3.95. The van der Waals surface area contributed by atoms with E-state index in [9.17, 15) is 0 Å². The maximum Gasteiger partial charge on any atom is 0.227 e. The number of piperazine rings is 1. The number of nitrogens with zero attached hydrogens (tertiary/aromatic N) is 8. The van der Waals surface area contributed by atoms with E-state index in [1.54, 1.807) is 6.33 Å². The maximum atomic E-state index is 4.62. The summed E-state index contributed by atoms with van der Waals surface area (Å²) in [4.78, 5) is 26.2. The van der Waals surface area contributed by atoms with E-state index in [0.29, 0.717) is 0 Å².